The first-order valence-electron chi connectivity index (χ1n) is 11.5. The molecule has 37 heavy (non-hydrogen) atoms. The number of nitrogens with zero attached hydrogens (tertiary/aromatic N) is 6. The predicted octanol–water partition coefficient (Wildman–Crippen LogP) is 5.42. The van der Waals surface area contributed by atoms with Crippen LogP contribution in [0.2, 0.25) is 0 Å². The molecule has 192 valence electrons. The van der Waals surface area contributed by atoms with Crippen molar-refractivity contribution in [3.05, 3.63) is 98.0 Å². The van der Waals surface area contributed by atoms with Crippen molar-refractivity contribution in [1.82, 2.24) is 25.0 Å². The molecule has 0 unspecified atom stereocenters. The van der Waals surface area contributed by atoms with E-state index in [0.29, 0.717) is 16.5 Å². The van der Waals surface area contributed by atoms with Crippen LogP contribution in [0, 0.1) is 27.7 Å². The van der Waals surface area contributed by atoms with Crippen molar-refractivity contribution in [2.45, 2.75) is 38.8 Å². The largest absolute Gasteiger partial charge is 0.399 e. The summed E-state index contributed by atoms with van der Waals surface area (Å²) in [5.74, 6) is -1.32. The Labute approximate surface area is 219 Å². The van der Waals surface area contributed by atoms with Gasteiger partial charge in [0.1, 0.15) is 5.82 Å². The van der Waals surface area contributed by atoms with Crippen LogP contribution in [0.15, 0.2) is 59.5 Å². The summed E-state index contributed by atoms with van der Waals surface area (Å²) in [6.07, 6.45) is 7.21. The van der Waals surface area contributed by atoms with Gasteiger partial charge in [-0.1, -0.05) is 11.3 Å². The van der Waals surface area contributed by atoms with Crippen molar-refractivity contribution in [1.29, 1.82) is 0 Å². The van der Waals surface area contributed by atoms with Crippen LogP contribution in [-0.4, -0.2) is 35.0 Å². The van der Waals surface area contributed by atoms with Crippen molar-refractivity contribution in [2.75, 3.05) is 0 Å². The standard InChI is InChI=1S/C20H21FN4O.C5H2BrFN2O2/c1-13(26)19-10-16(21)6-7-18(19)20-15(3-2-8-22-20)9-17-12-25(24-23-17)11-14-4-5-14;6-3-1-4(7)5(8-2-3)9(10)11/h2-3,6-8,10,12-14,26H,4-5,9,11H2,1H3;1-2H/t13-;/m1./s1. The summed E-state index contributed by atoms with van der Waals surface area (Å²) in [7, 11) is 0. The predicted molar refractivity (Wildman–Crippen MR) is 134 cm³/mol. The Morgan fingerprint density at radius 1 is 1.24 bits per heavy atom. The molecule has 1 aromatic carbocycles. The van der Waals surface area contributed by atoms with Gasteiger partial charge in [0.25, 0.3) is 0 Å². The topological polar surface area (TPSA) is 120 Å². The van der Waals surface area contributed by atoms with E-state index in [1.807, 2.05) is 23.0 Å². The van der Waals surface area contributed by atoms with Gasteiger partial charge in [0.15, 0.2) is 6.20 Å². The molecule has 3 aromatic heterocycles. The average molecular weight is 573 g/mol. The molecule has 1 aliphatic rings. The van der Waals surface area contributed by atoms with E-state index in [9.17, 15) is 24.0 Å². The number of aromatic nitrogens is 5. The molecule has 0 radical (unpaired) electrons. The number of rotatable bonds is 7. The quantitative estimate of drug-likeness (QED) is 0.232. The lowest BCUT2D eigenvalue weighted by atomic mass is 9.95. The van der Waals surface area contributed by atoms with Crippen LogP contribution in [0.25, 0.3) is 11.3 Å². The summed E-state index contributed by atoms with van der Waals surface area (Å²) in [6.45, 7) is 2.56. The molecule has 1 saturated carbocycles. The number of aliphatic hydroxyl groups is 1. The molecule has 1 fully saturated rings. The minimum Gasteiger partial charge on any atom is -0.389 e. The van der Waals surface area contributed by atoms with Crippen LogP contribution in [0.3, 0.4) is 0 Å². The maximum absolute atomic E-state index is 13.6. The van der Waals surface area contributed by atoms with E-state index >= 15 is 0 Å². The van der Waals surface area contributed by atoms with Gasteiger partial charge in [-0.15, -0.1) is 5.10 Å². The summed E-state index contributed by atoms with van der Waals surface area (Å²) in [4.78, 5) is 16.9. The monoisotopic (exact) mass is 572 g/mol. The van der Waals surface area contributed by atoms with Gasteiger partial charge in [-0.25, -0.2) is 4.39 Å². The van der Waals surface area contributed by atoms with Crippen LogP contribution < -0.4 is 0 Å². The summed E-state index contributed by atoms with van der Waals surface area (Å²) < 4.78 is 28.5. The number of nitro groups is 1. The van der Waals surface area contributed by atoms with Crippen molar-refractivity contribution < 1.29 is 18.8 Å². The minimum absolute atomic E-state index is 0.370. The van der Waals surface area contributed by atoms with Crippen LogP contribution >= 0.6 is 15.9 Å². The van der Waals surface area contributed by atoms with E-state index in [2.05, 4.69) is 36.2 Å². The highest BCUT2D eigenvalue weighted by molar-refractivity contribution is 9.10. The van der Waals surface area contributed by atoms with E-state index in [1.165, 1.54) is 31.2 Å². The van der Waals surface area contributed by atoms with Gasteiger partial charge in [0, 0.05) is 37.0 Å². The first kappa shape index (κ1) is 26.4. The zero-order valence-electron chi connectivity index (χ0n) is 19.8. The Hall–Kier alpha value is -3.64. The molecular weight excluding hydrogens is 550 g/mol. The van der Waals surface area contributed by atoms with Crippen LogP contribution in [0.1, 0.15) is 42.7 Å². The van der Waals surface area contributed by atoms with Crippen LogP contribution in [0.5, 0.6) is 0 Å². The van der Waals surface area contributed by atoms with E-state index < -0.39 is 22.7 Å². The van der Waals surface area contributed by atoms with Gasteiger partial charge in [-0.3, -0.25) is 9.67 Å². The molecular formula is C25H23BrF2N6O3. The fourth-order valence-electron chi connectivity index (χ4n) is 3.73. The van der Waals surface area contributed by atoms with Crippen molar-refractivity contribution in [2.24, 2.45) is 5.92 Å². The van der Waals surface area contributed by atoms with Gasteiger partial charge in [-0.05, 0) is 86.9 Å². The molecule has 1 atom stereocenters. The minimum atomic E-state index is -0.940. The smallest absolute Gasteiger partial charge is 0.389 e. The Balaban J connectivity index is 0.000000245. The number of halogens is 3. The molecule has 12 heteroatoms. The summed E-state index contributed by atoms with van der Waals surface area (Å²) in [5.41, 5.74) is 3.85. The second-order valence-electron chi connectivity index (χ2n) is 8.69. The highest BCUT2D eigenvalue weighted by Gasteiger charge is 2.22. The van der Waals surface area contributed by atoms with Gasteiger partial charge < -0.3 is 15.2 Å². The molecule has 0 spiro atoms. The zero-order chi connectivity index (χ0) is 26.5. The molecule has 9 nitrogen and oxygen atoms in total. The maximum atomic E-state index is 13.6. The fraction of sp³-hybridized carbons (Fsp3) is 0.280. The number of benzene rings is 1. The zero-order valence-corrected chi connectivity index (χ0v) is 21.3. The Bertz CT molecular complexity index is 1410. The lowest BCUT2D eigenvalue weighted by Gasteiger charge is -2.14. The third kappa shape index (κ3) is 6.98. The van der Waals surface area contributed by atoms with E-state index in [-0.39, 0.29) is 5.82 Å². The van der Waals surface area contributed by atoms with Gasteiger partial charge in [0.05, 0.1) is 22.0 Å². The second-order valence-corrected chi connectivity index (χ2v) is 9.60. The third-order valence-corrected chi connectivity index (χ3v) is 6.10. The molecule has 1 N–H and O–H groups in total. The highest BCUT2D eigenvalue weighted by Crippen LogP contribution is 2.32. The molecule has 4 aromatic rings. The van der Waals surface area contributed by atoms with Gasteiger partial charge >= 0.3 is 5.82 Å². The van der Waals surface area contributed by atoms with Crippen molar-refractivity contribution >= 4 is 21.7 Å². The second kappa shape index (κ2) is 11.6. The van der Waals surface area contributed by atoms with E-state index in [4.69, 9.17) is 0 Å². The van der Waals surface area contributed by atoms with Gasteiger partial charge in [-0.2, -0.15) is 4.39 Å². The number of pyridine rings is 2. The highest BCUT2D eigenvalue weighted by atomic mass is 79.9. The number of aliphatic hydroxyl groups excluding tert-OH is 1. The van der Waals surface area contributed by atoms with E-state index in [0.717, 1.165) is 41.0 Å². The average Bonchev–Trinajstić information content (AvgIpc) is 3.56. The molecule has 5 rings (SSSR count). The fourth-order valence-corrected chi connectivity index (χ4v) is 4.03. The molecule has 0 bridgehead atoms. The van der Waals surface area contributed by atoms with Gasteiger partial charge in [0.2, 0.25) is 5.82 Å². The van der Waals surface area contributed by atoms with E-state index in [1.54, 1.807) is 19.2 Å². The Morgan fingerprint density at radius 3 is 2.70 bits per heavy atom. The Kier molecular flexibility index (Phi) is 8.29. The summed E-state index contributed by atoms with van der Waals surface area (Å²) >= 11 is 2.92. The first-order valence-corrected chi connectivity index (χ1v) is 12.3. The van der Waals surface area contributed by atoms with Crippen molar-refractivity contribution in [3.63, 3.8) is 0 Å². The molecule has 0 amide bonds. The Morgan fingerprint density at radius 2 is 2.03 bits per heavy atom. The molecule has 1 aliphatic carbocycles. The summed E-state index contributed by atoms with van der Waals surface area (Å²) in [6, 6.07) is 9.28. The number of hydrogen-bond donors (Lipinski definition) is 1. The SMILES string of the molecule is C[C@@H](O)c1cc(F)ccc1-c1ncccc1Cc1cn(CC2CC2)nn1.O=[N+]([O-])c1ncc(Br)cc1F. The number of hydrogen-bond acceptors (Lipinski definition) is 7. The summed E-state index contributed by atoms with van der Waals surface area (Å²) in [5, 5.41) is 28.5. The lowest BCUT2D eigenvalue weighted by molar-refractivity contribution is -0.392. The lowest BCUT2D eigenvalue weighted by Crippen LogP contribution is -2.01. The van der Waals surface area contributed by atoms with Crippen LogP contribution in [0.4, 0.5) is 14.6 Å². The molecule has 0 aliphatic heterocycles. The maximum Gasteiger partial charge on any atom is 0.399 e. The normalized spacial score (nSPS) is 13.5. The first-order chi connectivity index (χ1) is 17.7. The molecule has 3 heterocycles. The third-order valence-electron chi connectivity index (χ3n) is 5.67. The molecule has 0 saturated heterocycles. The van der Waals surface area contributed by atoms with Crippen LogP contribution in [-0.2, 0) is 13.0 Å². The van der Waals surface area contributed by atoms with Crippen molar-refractivity contribution in [3.8, 4) is 11.3 Å².